The molecule has 2 nitrogen and oxygen atoms in total. The van der Waals surface area contributed by atoms with Gasteiger partial charge in [0.1, 0.15) is 11.6 Å². The van der Waals surface area contributed by atoms with Crippen molar-refractivity contribution in [1.29, 1.82) is 0 Å². The average molecular weight is 509 g/mol. The van der Waals surface area contributed by atoms with Gasteiger partial charge in [0, 0.05) is 0 Å². The van der Waals surface area contributed by atoms with Crippen molar-refractivity contribution in [3.05, 3.63) is 114 Å². The molecule has 0 radical (unpaired) electrons. The van der Waals surface area contributed by atoms with E-state index < -0.39 is 5.97 Å². The molecule has 4 aromatic rings. The molecule has 0 atom stereocenters. The molecule has 0 aromatic heterocycles. The van der Waals surface area contributed by atoms with E-state index >= 15 is 0 Å². The van der Waals surface area contributed by atoms with Crippen LogP contribution in [0, 0.1) is 12.7 Å². The highest BCUT2D eigenvalue weighted by Gasteiger charge is 2.10. The third kappa shape index (κ3) is 7.64. The highest BCUT2D eigenvalue weighted by atomic mass is 19.1. The molecule has 0 bridgehead atoms. The van der Waals surface area contributed by atoms with Gasteiger partial charge >= 0.3 is 5.97 Å². The molecule has 0 heterocycles. The third-order valence-corrected chi connectivity index (χ3v) is 7.05. The predicted octanol–water partition coefficient (Wildman–Crippen LogP) is 9.98. The molecular formula is C35H37FO2. The summed E-state index contributed by atoms with van der Waals surface area (Å²) in [6.07, 6.45) is 10.4. The zero-order valence-electron chi connectivity index (χ0n) is 22.5. The molecule has 0 spiro atoms. The Morgan fingerprint density at radius 1 is 0.658 bits per heavy atom. The van der Waals surface area contributed by atoms with Crippen LogP contribution in [0.15, 0.2) is 91.0 Å². The van der Waals surface area contributed by atoms with Gasteiger partial charge in [-0.2, -0.15) is 0 Å². The summed E-state index contributed by atoms with van der Waals surface area (Å²) in [5.41, 5.74) is 6.33. The molecule has 196 valence electrons. The SMILES string of the molecule is CCCCCCCCCc1ccc(-c2ccc(C(=O)Oc3ccc(-c4ccc(C)c(F)c4)cc3)cc2)cc1. The van der Waals surface area contributed by atoms with Crippen molar-refractivity contribution in [3.63, 3.8) is 0 Å². The Balaban J connectivity index is 1.28. The number of hydrogen-bond acceptors (Lipinski definition) is 2. The molecule has 0 saturated heterocycles. The second-order valence-electron chi connectivity index (χ2n) is 10.0. The van der Waals surface area contributed by atoms with E-state index in [1.807, 2.05) is 30.3 Å². The Kier molecular flexibility index (Phi) is 9.86. The largest absolute Gasteiger partial charge is 0.423 e. The first-order valence-corrected chi connectivity index (χ1v) is 13.8. The summed E-state index contributed by atoms with van der Waals surface area (Å²) >= 11 is 0. The number of carbonyl (C=O) groups is 1. The maximum Gasteiger partial charge on any atom is 0.343 e. The van der Waals surface area contributed by atoms with Crippen molar-refractivity contribution < 1.29 is 13.9 Å². The maximum absolute atomic E-state index is 13.9. The van der Waals surface area contributed by atoms with Gasteiger partial charge in [0.05, 0.1) is 5.56 Å². The first-order valence-electron chi connectivity index (χ1n) is 13.8. The predicted molar refractivity (Wildman–Crippen MR) is 155 cm³/mol. The normalized spacial score (nSPS) is 10.9. The zero-order valence-corrected chi connectivity index (χ0v) is 22.5. The summed E-state index contributed by atoms with van der Waals surface area (Å²) in [7, 11) is 0. The molecule has 4 rings (SSSR count). The number of rotatable bonds is 12. The molecule has 0 aliphatic rings. The molecule has 0 unspecified atom stereocenters. The molecule has 0 aliphatic carbocycles. The monoisotopic (exact) mass is 508 g/mol. The summed E-state index contributed by atoms with van der Waals surface area (Å²) < 4.78 is 19.4. The van der Waals surface area contributed by atoms with Gasteiger partial charge in [0.25, 0.3) is 0 Å². The van der Waals surface area contributed by atoms with E-state index in [-0.39, 0.29) is 5.82 Å². The molecule has 0 aliphatic heterocycles. The average Bonchev–Trinajstić information content (AvgIpc) is 2.95. The van der Waals surface area contributed by atoms with Crippen molar-refractivity contribution in [2.24, 2.45) is 0 Å². The fourth-order valence-corrected chi connectivity index (χ4v) is 4.60. The smallest absolute Gasteiger partial charge is 0.343 e. The van der Waals surface area contributed by atoms with E-state index in [1.165, 1.54) is 56.6 Å². The van der Waals surface area contributed by atoms with Crippen molar-refractivity contribution in [3.8, 4) is 28.0 Å². The Labute approximate surface area is 226 Å². The van der Waals surface area contributed by atoms with Gasteiger partial charge in [-0.15, -0.1) is 0 Å². The molecule has 0 fully saturated rings. The Morgan fingerprint density at radius 2 is 1.18 bits per heavy atom. The first kappa shape index (κ1) is 27.3. The van der Waals surface area contributed by atoms with Crippen LogP contribution in [-0.4, -0.2) is 5.97 Å². The van der Waals surface area contributed by atoms with Gasteiger partial charge in [-0.1, -0.05) is 106 Å². The number of benzene rings is 4. The summed E-state index contributed by atoms with van der Waals surface area (Å²) in [6, 6.07) is 28.5. The van der Waals surface area contributed by atoms with Gasteiger partial charge < -0.3 is 4.74 Å². The quantitative estimate of drug-likeness (QED) is 0.108. The number of esters is 1. The molecule has 4 aromatic carbocycles. The lowest BCUT2D eigenvalue weighted by atomic mass is 10.00. The molecular weight excluding hydrogens is 471 g/mol. The van der Waals surface area contributed by atoms with E-state index in [4.69, 9.17) is 4.74 Å². The van der Waals surface area contributed by atoms with Crippen LogP contribution in [-0.2, 0) is 6.42 Å². The van der Waals surface area contributed by atoms with Crippen LogP contribution in [0.3, 0.4) is 0 Å². The van der Waals surface area contributed by atoms with E-state index in [2.05, 4.69) is 31.2 Å². The topological polar surface area (TPSA) is 26.3 Å². The van der Waals surface area contributed by atoms with Gasteiger partial charge in [-0.3, -0.25) is 0 Å². The van der Waals surface area contributed by atoms with Crippen LogP contribution in [0.5, 0.6) is 5.75 Å². The number of halogens is 1. The van der Waals surface area contributed by atoms with Crippen molar-refractivity contribution in [2.75, 3.05) is 0 Å². The fourth-order valence-electron chi connectivity index (χ4n) is 4.60. The van der Waals surface area contributed by atoms with Gasteiger partial charge in [0.15, 0.2) is 0 Å². The summed E-state index contributed by atoms with van der Waals surface area (Å²) in [5.74, 6) is -0.191. The second-order valence-corrected chi connectivity index (χ2v) is 10.0. The molecule has 0 saturated carbocycles. The number of aryl methyl sites for hydroxylation is 2. The highest BCUT2D eigenvalue weighted by Crippen LogP contribution is 2.25. The zero-order chi connectivity index (χ0) is 26.7. The standard InChI is InChI=1S/C35H37FO2/c1-3-4-5-6-7-8-9-10-27-12-15-28(16-13-27)29-17-19-31(20-18-29)35(37)38-33-23-21-30(22-24-33)32-14-11-26(2)34(36)25-32/h11-25H,3-10H2,1-2H3. The van der Waals surface area contributed by atoms with E-state index in [0.717, 1.165) is 28.7 Å². The van der Waals surface area contributed by atoms with Crippen LogP contribution in [0.1, 0.15) is 73.4 Å². The lowest BCUT2D eigenvalue weighted by Crippen LogP contribution is -2.08. The van der Waals surface area contributed by atoms with Gasteiger partial charge in [0.2, 0.25) is 0 Å². The molecule has 38 heavy (non-hydrogen) atoms. The number of hydrogen-bond donors (Lipinski definition) is 0. The van der Waals surface area contributed by atoms with Crippen LogP contribution in [0.25, 0.3) is 22.3 Å². The van der Waals surface area contributed by atoms with Crippen molar-refractivity contribution >= 4 is 5.97 Å². The molecule has 0 N–H and O–H groups in total. The fraction of sp³-hybridized carbons (Fsp3) is 0.286. The van der Waals surface area contributed by atoms with Crippen LogP contribution >= 0.6 is 0 Å². The van der Waals surface area contributed by atoms with Gasteiger partial charge in [-0.05, 0) is 83.5 Å². The first-order chi connectivity index (χ1) is 18.5. The molecule has 3 heteroatoms. The Bertz CT molecular complexity index is 1310. The highest BCUT2D eigenvalue weighted by molar-refractivity contribution is 5.91. The molecule has 0 amide bonds. The lowest BCUT2D eigenvalue weighted by molar-refractivity contribution is 0.0735. The number of ether oxygens (including phenoxy) is 1. The lowest BCUT2D eigenvalue weighted by Gasteiger charge is -2.08. The van der Waals surface area contributed by atoms with E-state index in [9.17, 15) is 9.18 Å². The Morgan fingerprint density at radius 3 is 1.82 bits per heavy atom. The minimum Gasteiger partial charge on any atom is -0.423 e. The summed E-state index contributed by atoms with van der Waals surface area (Å²) in [6.45, 7) is 3.99. The van der Waals surface area contributed by atoms with E-state index in [1.54, 1.807) is 37.3 Å². The summed E-state index contributed by atoms with van der Waals surface area (Å²) in [4.78, 5) is 12.7. The summed E-state index contributed by atoms with van der Waals surface area (Å²) in [5, 5.41) is 0. The van der Waals surface area contributed by atoms with Crippen molar-refractivity contribution in [1.82, 2.24) is 0 Å². The Hall–Kier alpha value is -3.72. The van der Waals surface area contributed by atoms with Crippen LogP contribution < -0.4 is 4.74 Å². The number of unbranched alkanes of at least 4 members (excludes halogenated alkanes) is 6. The number of carbonyl (C=O) groups excluding carboxylic acids is 1. The van der Waals surface area contributed by atoms with Crippen LogP contribution in [0.2, 0.25) is 0 Å². The van der Waals surface area contributed by atoms with Gasteiger partial charge in [-0.25, -0.2) is 9.18 Å². The van der Waals surface area contributed by atoms with Crippen molar-refractivity contribution in [2.45, 2.75) is 65.2 Å². The van der Waals surface area contributed by atoms with Crippen LogP contribution in [0.4, 0.5) is 4.39 Å². The minimum absolute atomic E-state index is 0.235. The maximum atomic E-state index is 13.9. The van der Waals surface area contributed by atoms with E-state index in [0.29, 0.717) is 16.9 Å². The minimum atomic E-state index is -0.407. The second kappa shape index (κ2) is 13.7. The third-order valence-electron chi connectivity index (χ3n) is 7.05.